The molecule has 0 saturated carbocycles. The lowest BCUT2D eigenvalue weighted by Crippen LogP contribution is -2.35. The summed E-state index contributed by atoms with van der Waals surface area (Å²) in [4.78, 5) is 2.45. The summed E-state index contributed by atoms with van der Waals surface area (Å²) in [6, 6.07) is 6.24. The molecule has 20 heavy (non-hydrogen) atoms. The Morgan fingerprint density at radius 3 is 2.55 bits per heavy atom. The van der Waals surface area contributed by atoms with Gasteiger partial charge in [0.1, 0.15) is 0 Å². The van der Waals surface area contributed by atoms with Gasteiger partial charge in [-0.25, -0.2) is 0 Å². The van der Waals surface area contributed by atoms with Crippen molar-refractivity contribution >= 4 is 17.3 Å². The van der Waals surface area contributed by atoms with Crippen LogP contribution >= 0.6 is 11.6 Å². The molecule has 0 bridgehead atoms. The predicted molar refractivity (Wildman–Crippen MR) is 88.7 cm³/mol. The highest BCUT2D eigenvalue weighted by atomic mass is 35.5. The lowest BCUT2D eigenvalue weighted by Gasteiger charge is -2.27. The topological polar surface area (TPSA) is 15.3 Å². The molecule has 2 rings (SSSR count). The first-order chi connectivity index (χ1) is 9.18. The number of hydrogen-bond donors (Lipinski definition) is 1. The Morgan fingerprint density at radius 2 is 2.00 bits per heavy atom. The van der Waals surface area contributed by atoms with Gasteiger partial charge in [-0.05, 0) is 44.2 Å². The fourth-order valence-corrected chi connectivity index (χ4v) is 3.03. The van der Waals surface area contributed by atoms with E-state index in [0.717, 1.165) is 24.7 Å². The number of rotatable bonds is 3. The van der Waals surface area contributed by atoms with Gasteiger partial charge in [-0.15, -0.1) is 0 Å². The summed E-state index contributed by atoms with van der Waals surface area (Å²) >= 11 is 6.48. The van der Waals surface area contributed by atoms with Crippen molar-refractivity contribution in [3.63, 3.8) is 0 Å². The van der Waals surface area contributed by atoms with Crippen molar-refractivity contribution in [3.8, 4) is 0 Å². The van der Waals surface area contributed by atoms with Gasteiger partial charge in [0.05, 0.1) is 10.7 Å². The average molecular weight is 295 g/mol. The molecular weight excluding hydrogens is 268 g/mol. The molecule has 1 N–H and O–H groups in total. The number of benzene rings is 1. The minimum Gasteiger partial charge on any atom is -0.370 e. The molecule has 0 spiro atoms. The summed E-state index contributed by atoms with van der Waals surface area (Å²) in [5.74, 6) is 0. The van der Waals surface area contributed by atoms with Crippen LogP contribution in [0.4, 0.5) is 5.69 Å². The maximum atomic E-state index is 6.48. The molecule has 1 aliphatic heterocycles. The number of nitrogens with zero attached hydrogens (tertiary/aromatic N) is 1. The van der Waals surface area contributed by atoms with E-state index >= 15 is 0 Å². The molecule has 1 fully saturated rings. The maximum Gasteiger partial charge on any atom is 0.0642 e. The molecule has 0 unspecified atom stereocenters. The van der Waals surface area contributed by atoms with Gasteiger partial charge < -0.3 is 10.2 Å². The van der Waals surface area contributed by atoms with Gasteiger partial charge in [0, 0.05) is 25.2 Å². The van der Waals surface area contributed by atoms with Gasteiger partial charge in [-0.3, -0.25) is 0 Å². The Hall–Kier alpha value is -0.730. The van der Waals surface area contributed by atoms with E-state index in [4.69, 9.17) is 11.6 Å². The van der Waals surface area contributed by atoms with Gasteiger partial charge in [0.2, 0.25) is 0 Å². The van der Waals surface area contributed by atoms with Crippen LogP contribution in [0.1, 0.15) is 46.6 Å². The zero-order valence-corrected chi connectivity index (χ0v) is 14.1. The van der Waals surface area contributed by atoms with E-state index in [0.29, 0.717) is 5.41 Å². The van der Waals surface area contributed by atoms with Crippen molar-refractivity contribution < 1.29 is 0 Å². The molecule has 1 aromatic rings. The van der Waals surface area contributed by atoms with Crippen LogP contribution in [-0.4, -0.2) is 18.6 Å². The number of para-hydroxylation sites is 1. The molecule has 0 aromatic heterocycles. The molecular formula is C17H27ClN2. The molecule has 3 heteroatoms. The molecule has 112 valence electrons. The Bertz CT molecular complexity index is 474. The van der Waals surface area contributed by atoms with Crippen LogP contribution in [0.25, 0.3) is 0 Å². The van der Waals surface area contributed by atoms with Gasteiger partial charge in [0.15, 0.2) is 0 Å². The highest BCUT2D eigenvalue weighted by molar-refractivity contribution is 6.33. The Kier molecular flexibility index (Phi) is 4.36. The van der Waals surface area contributed by atoms with Gasteiger partial charge >= 0.3 is 0 Å². The number of nitrogens with one attached hydrogen (secondary N) is 1. The summed E-state index contributed by atoms with van der Waals surface area (Å²) in [6.45, 7) is 14.3. The third-order valence-corrected chi connectivity index (χ3v) is 4.18. The van der Waals surface area contributed by atoms with Gasteiger partial charge in [0.25, 0.3) is 0 Å². The summed E-state index contributed by atoms with van der Waals surface area (Å²) < 4.78 is 0. The first-order valence-electron chi connectivity index (χ1n) is 7.45. The Balaban J connectivity index is 2.23. The third-order valence-electron chi connectivity index (χ3n) is 3.87. The van der Waals surface area contributed by atoms with E-state index in [-0.39, 0.29) is 5.54 Å². The molecule has 1 heterocycles. The summed E-state index contributed by atoms with van der Waals surface area (Å²) in [5, 5.41) is 4.44. The van der Waals surface area contributed by atoms with Crippen molar-refractivity contribution in [1.29, 1.82) is 0 Å². The van der Waals surface area contributed by atoms with Crippen molar-refractivity contribution in [2.45, 2.75) is 53.1 Å². The molecule has 1 aromatic carbocycles. The number of anilines is 1. The van der Waals surface area contributed by atoms with E-state index < -0.39 is 0 Å². The summed E-state index contributed by atoms with van der Waals surface area (Å²) in [6.07, 6.45) is 1.23. The lowest BCUT2D eigenvalue weighted by atomic mass is 9.93. The van der Waals surface area contributed by atoms with Crippen LogP contribution in [-0.2, 0) is 6.54 Å². The normalized spacial score (nSPS) is 18.6. The smallest absolute Gasteiger partial charge is 0.0642 e. The molecule has 0 atom stereocenters. The first-order valence-corrected chi connectivity index (χ1v) is 7.83. The van der Waals surface area contributed by atoms with Crippen LogP contribution < -0.4 is 10.2 Å². The SMILES string of the molecule is CC1(C)CCN(c2c(Cl)cccc2CNC(C)(C)C)C1. The molecule has 0 radical (unpaired) electrons. The number of halogens is 1. The standard InChI is InChI=1S/C17H27ClN2/c1-16(2,3)19-11-13-7-6-8-14(18)15(13)20-10-9-17(4,5)12-20/h6-8,19H,9-12H2,1-5H3. The van der Waals surface area contributed by atoms with Crippen LogP contribution in [0.2, 0.25) is 5.02 Å². The van der Waals surface area contributed by atoms with E-state index in [2.05, 4.69) is 50.9 Å². The van der Waals surface area contributed by atoms with Crippen molar-refractivity contribution in [3.05, 3.63) is 28.8 Å². The zero-order chi connectivity index (χ0) is 15.0. The quantitative estimate of drug-likeness (QED) is 0.885. The predicted octanol–water partition coefficient (Wildman–Crippen LogP) is 4.46. The van der Waals surface area contributed by atoms with Crippen molar-refractivity contribution in [2.24, 2.45) is 5.41 Å². The van der Waals surface area contributed by atoms with Crippen LogP contribution in [0.5, 0.6) is 0 Å². The van der Waals surface area contributed by atoms with E-state index in [1.54, 1.807) is 0 Å². The van der Waals surface area contributed by atoms with Crippen molar-refractivity contribution in [2.75, 3.05) is 18.0 Å². The second-order valence-electron chi connectivity index (χ2n) is 7.69. The Labute approximate surface area is 128 Å². The Morgan fingerprint density at radius 1 is 1.30 bits per heavy atom. The molecule has 2 nitrogen and oxygen atoms in total. The van der Waals surface area contributed by atoms with Crippen LogP contribution in [0.15, 0.2) is 18.2 Å². The minimum atomic E-state index is 0.115. The average Bonchev–Trinajstić information content (AvgIpc) is 2.65. The highest BCUT2D eigenvalue weighted by Gasteiger charge is 2.31. The lowest BCUT2D eigenvalue weighted by molar-refractivity contribution is 0.417. The minimum absolute atomic E-state index is 0.115. The highest BCUT2D eigenvalue weighted by Crippen LogP contribution is 2.38. The van der Waals surface area contributed by atoms with E-state index in [1.807, 2.05) is 12.1 Å². The zero-order valence-electron chi connectivity index (χ0n) is 13.4. The monoisotopic (exact) mass is 294 g/mol. The fourth-order valence-electron chi connectivity index (χ4n) is 2.72. The summed E-state index contributed by atoms with van der Waals surface area (Å²) in [7, 11) is 0. The molecule has 1 aliphatic rings. The molecule has 0 amide bonds. The fraction of sp³-hybridized carbons (Fsp3) is 0.647. The summed E-state index contributed by atoms with van der Waals surface area (Å²) in [5.41, 5.74) is 3.01. The first kappa shape index (κ1) is 15.7. The second-order valence-corrected chi connectivity index (χ2v) is 8.09. The van der Waals surface area contributed by atoms with Gasteiger partial charge in [-0.2, -0.15) is 0 Å². The second kappa shape index (κ2) is 5.57. The molecule has 0 aliphatic carbocycles. The third kappa shape index (κ3) is 3.89. The van der Waals surface area contributed by atoms with Crippen LogP contribution in [0.3, 0.4) is 0 Å². The number of hydrogen-bond acceptors (Lipinski definition) is 2. The van der Waals surface area contributed by atoms with E-state index in [9.17, 15) is 0 Å². The largest absolute Gasteiger partial charge is 0.370 e. The van der Waals surface area contributed by atoms with Crippen LogP contribution in [0, 0.1) is 5.41 Å². The van der Waals surface area contributed by atoms with Crippen molar-refractivity contribution in [1.82, 2.24) is 5.32 Å². The molecule has 1 saturated heterocycles. The van der Waals surface area contributed by atoms with Gasteiger partial charge in [-0.1, -0.05) is 37.6 Å². The van der Waals surface area contributed by atoms with E-state index in [1.165, 1.54) is 17.7 Å². The maximum absolute atomic E-state index is 6.48.